The van der Waals surface area contributed by atoms with Crippen LogP contribution in [0.1, 0.15) is 41.6 Å². The molecule has 2 aliphatic carbocycles. The van der Waals surface area contributed by atoms with Crippen LogP contribution in [0, 0.1) is 5.92 Å². The molecule has 2 aliphatic rings. The van der Waals surface area contributed by atoms with E-state index in [-0.39, 0.29) is 5.78 Å². The first-order valence-electron chi connectivity index (χ1n) is 7.10. The highest BCUT2D eigenvalue weighted by atomic mass is 16.1. The largest absolute Gasteiger partial charge is 0.289 e. The number of benzene rings is 2. The lowest BCUT2D eigenvalue weighted by Gasteiger charge is -2.18. The summed E-state index contributed by atoms with van der Waals surface area (Å²) in [6.45, 7) is 0. The highest BCUT2D eigenvalue weighted by Crippen LogP contribution is 2.39. The molecule has 4 rings (SSSR count). The lowest BCUT2D eigenvalue weighted by molar-refractivity contribution is 0.104. The molecule has 1 fully saturated rings. The monoisotopic (exact) mass is 248 g/mol. The Morgan fingerprint density at radius 1 is 1.00 bits per heavy atom. The minimum absolute atomic E-state index is 0.176. The Labute approximate surface area is 112 Å². The molecule has 0 N–H and O–H groups in total. The molecule has 1 heteroatoms. The number of allylic oxidation sites excluding steroid dienone is 2. The van der Waals surface area contributed by atoms with Gasteiger partial charge in [0, 0.05) is 10.9 Å². The van der Waals surface area contributed by atoms with Crippen molar-refractivity contribution < 1.29 is 4.79 Å². The fourth-order valence-electron chi connectivity index (χ4n) is 3.10. The molecule has 19 heavy (non-hydrogen) atoms. The molecule has 2 aromatic carbocycles. The number of carbonyl (C=O) groups excluding carboxylic acids is 1. The molecule has 0 heterocycles. The van der Waals surface area contributed by atoms with E-state index in [4.69, 9.17) is 0 Å². The van der Waals surface area contributed by atoms with E-state index in [0.29, 0.717) is 0 Å². The van der Waals surface area contributed by atoms with Gasteiger partial charge in [0.1, 0.15) is 0 Å². The topological polar surface area (TPSA) is 17.1 Å². The van der Waals surface area contributed by atoms with Gasteiger partial charge in [-0.05, 0) is 41.4 Å². The molecule has 0 aliphatic heterocycles. The molecule has 0 aromatic heterocycles. The molecule has 0 unspecified atom stereocenters. The zero-order chi connectivity index (χ0) is 12.8. The minimum Gasteiger partial charge on any atom is -0.289 e. The maximum atomic E-state index is 12.3. The molecule has 0 amide bonds. The number of hydrogen-bond donors (Lipinski definition) is 0. The van der Waals surface area contributed by atoms with Crippen molar-refractivity contribution in [3.63, 3.8) is 0 Å². The molecular formula is C18H16O. The minimum atomic E-state index is 0.176. The van der Waals surface area contributed by atoms with Gasteiger partial charge in [0.05, 0.1) is 0 Å². The SMILES string of the molecule is O=C1C=C(CCC2CC2)c2cccc3cccc1c23. The second-order valence-corrected chi connectivity index (χ2v) is 5.73. The van der Waals surface area contributed by atoms with Crippen molar-refractivity contribution in [2.45, 2.75) is 25.7 Å². The van der Waals surface area contributed by atoms with E-state index in [2.05, 4.69) is 24.3 Å². The number of hydrogen-bond acceptors (Lipinski definition) is 1. The summed E-state index contributed by atoms with van der Waals surface area (Å²) in [7, 11) is 0. The molecule has 1 nitrogen and oxygen atoms in total. The van der Waals surface area contributed by atoms with E-state index in [9.17, 15) is 4.79 Å². The van der Waals surface area contributed by atoms with Gasteiger partial charge in [-0.3, -0.25) is 4.79 Å². The van der Waals surface area contributed by atoms with E-state index in [1.165, 1.54) is 35.8 Å². The Kier molecular flexibility index (Phi) is 2.34. The fourth-order valence-corrected chi connectivity index (χ4v) is 3.10. The molecule has 0 spiro atoms. The lowest BCUT2D eigenvalue weighted by Crippen LogP contribution is -2.05. The van der Waals surface area contributed by atoms with Gasteiger partial charge in [0.25, 0.3) is 0 Å². The van der Waals surface area contributed by atoms with Crippen LogP contribution in [0.4, 0.5) is 0 Å². The second kappa shape index (κ2) is 4.06. The normalized spacial score (nSPS) is 17.7. The summed E-state index contributed by atoms with van der Waals surface area (Å²) >= 11 is 0. The van der Waals surface area contributed by atoms with Crippen molar-refractivity contribution in [3.8, 4) is 0 Å². The van der Waals surface area contributed by atoms with Crippen LogP contribution in [-0.2, 0) is 0 Å². The molecule has 1 saturated carbocycles. The van der Waals surface area contributed by atoms with Crippen molar-refractivity contribution in [1.82, 2.24) is 0 Å². The zero-order valence-electron chi connectivity index (χ0n) is 10.9. The fraction of sp³-hybridized carbons (Fsp3) is 0.278. The first kappa shape index (κ1) is 11.0. The second-order valence-electron chi connectivity index (χ2n) is 5.73. The van der Waals surface area contributed by atoms with E-state index < -0.39 is 0 Å². The third-order valence-electron chi connectivity index (χ3n) is 4.34. The third-order valence-corrected chi connectivity index (χ3v) is 4.34. The Hall–Kier alpha value is -1.89. The van der Waals surface area contributed by atoms with Crippen molar-refractivity contribution >= 4 is 22.1 Å². The van der Waals surface area contributed by atoms with Crippen LogP contribution in [0.3, 0.4) is 0 Å². The average Bonchev–Trinajstić information content (AvgIpc) is 3.25. The summed E-state index contributed by atoms with van der Waals surface area (Å²) in [5.41, 5.74) is 3.37. The van der Waals surface area contributed by atoms with Gasteiger partial charge >= 0.3 is 0 Å². The van der Waals surface area contributed by atoms with Crippen LogP contribution < -0.4 is 0 Å². The molecule has 0 atom stereocenters. The van der Waals surface area contributed by atoms with Crippen LogP contribution in [-0.4, -0.2) is 5.78 Å². The Bertz CT molecular complexity index is 699. The summed E-state index contributed by atoms with van der Waals surface area (Å²) in [6.07, 6.45) is 6.89. The van der Waals surface area contributed by atoms with Gasteiger partial charge < -0.3 is 0 Å². The molecule has 2 aromatic rings. The maximum absolute atomic E-state index is 12.3. The summed E-state index contributed by atoms with van der Waals surface area (Å²) in [4.78, 5) is 12.3. The molecule has 0 bridgehead atoms. The van der Waals surface area contributed by atoms with E-state index in [1.807, 2.05) is 18.2 Å². The van der Waals surface area contributed by atoms with Gasteiger partial charge in [-0.2, -0.15) is 0 Å². The third kappa shape index (κ3) is 1.81. The molecule has 94 valence electrons. The number of ketones is 1. The summed E-state index contributed by atoms with van der Waals surface area (Å²) in [5.74, 6) is 1.09. The van der Waals surface area contributed by atoms with Crippen molar-refractivity contribution in [2.24, 2.45) is 5.92 Å². The van der Waals surface area contributed by atoms with Gasteiger partial charge in [-0.25, -0.2) is 0 Å². The first-order chi connectivity index (χ1) is 9.33. The standard InChI is InChI=1S/C18H16O/c19-17-11-14(10-9-12-7-8-12)15-5-1-3-13-4-2-6-16(17)18(13)15/h1-6,11-12H,7-10H2. The number of rotatable bonds is 3. The van der Waals surface area contributed by atoms with Crippen LogP contribution in [0.5, 0.6) is 0 Å². The molecule has 0 radical (unpaired) electrons. The summed E-state index contributed by atoms with van der Waals surface area (Å²) < 4.78 is 0. The highest BCUT2D eigenvalue weighted by molar-refractivity contribution is 6.21. The maximum Gasteiger partial charge on any atom is 0.186 e. The van der Waals surface area contributed by atoms with Gasteiger partial charge in [0.2, 0.25) is 0 Å². The lowest BCUT2D eigenvalue weighted by atomic mass is 9.85. The van der Waals surface area contributed by atoms with Crippen LogP contribution in [0.25, 0.3) is 16.3 Å². The first-order valence-corrected chi connectivity index (χ1v) is 7.10. The zero-order valence-corrected chi connectivity index (χ0v) is 10.9. The average molecular weight is 248 g/mol. The molecular weight excluding hydrogens is 232 g/mol. The van der Waals surface area contributed by atoms with Crippen molar-refractivity contribution in [1.29, 1.82) is 0 Å². The van der Waals surface area contributed by atoms with Gasteiger partial charge in [-0.15, -0.1) is 0 Å². The predicted octanol–water partition coefficient (Wildman–Crippen LogP) is 4.61. The smallest absolute Gasteiger partial charge is 0.186 e. The molecule has 0 saturated heterocycles. The summed E-state index contributed by atoms with van der Waals surface area (Å²) in [6, 6.07) is 12.4. The summed E-state index contributed by atoms with van der Waals surface area (Å²) in [5, 5.41) is 2.34. The Morgan fingerprint density at radius 2 is 1.74 bits per heavy atom. The van der Waals surface area contributed by atoms with Crippen LogP contribution >= 0.6 is 0 Å². The van der Waals surface area contributed by atoms with Crippen molar-refractivity contribution in [3.05, 3.63) is 53.6 Å². The predicted molar refractivity (Wildman–Crippen MR) is 78.2 cm³/mol. The van der Waals surface area contributed by atoms with E-state index in [1.54, 1.807) is 0 Å². The van der Waals surface area contributed by atoms with E-state index in [0.717, 1.165) is 23.3 Å². The Morgan fingerprint density at radius 3 is 2.47 bits per heavy atom. The van der Waals surface area contributed by atoms with Crippen molar-refractivity contribution in [2.75, 3.05) is 0 Å². The highest BCUT2D eigenvalue weighted by Gasteiger charge is 2.24. The van der Waals surface area contributed by atoms with Gasteiger partial charge in [-0.1, -0.05) is 49.2 Å². The quantitative estimate of drug-likeness (QED) is 0.775. The Balaban J connectivity index is 1.85. The van der Waals surface area contributed by atoms with Crippen LogP contribution in [0.15, 0.2) is 42.5 Å². The number of carbonyl (C=O) groups is 1. The van der Waals surface area contributed by atoms with Gasteiger partial charge in [0.15, 0.2) is 5.78 Å². The van der Waals surface area contributed by atoms with Crippen LogP contribution in [0.2, 0.25) is 0 Å². The van der Waals surface area contributed by atoms with E-state index >= 15 is 0 Å².